The molecule has 1 atom stereocenters. The van der Waals surface area contributed by atoms with Gasteiger partial charge in [0.1, 0.15) is 0 Å². The van der Waals surface area contributed by atoms with E-state index >= 15 is 0 Å². The van der Waals surface area contributed by atoms with Gasteiger partial charge >= 0.3 is 11.9 Å². The van der Waals surface area contributed by atoms with Crippen LogP contribution < -0.4 is 9.47 Å². The van der Waals surface area contributed by atoms with E-state index in [1.807, 2.05) is 42.5 Å². The van der Waals surface area contributed by atoms with Crippen molar-refractivity contribution in [2.75, 3.05) is 20.8 Å². The number of carbonyl (C=O) groups is 2. The summed E-state index contributed by atoms with van der Waals surface area (Å²) >= 11 is 0. The van der Waals surface area contributed by atoms with Gasteiger partial charge in [-0.3, -0.25) is 0 Å². The summed E-state index contributed by atoms with van der Waals surface area (Å²) in [6.45, 7) is 0.268. The minimum absolute atomic E-state index is 0.268. The quantitative estimate of drug-likeness (QED) is 0.516. The van der Waals surface area contributed by atoms with Crippen LogP contribution in [0.4, 0.5) is 0 Å². The first-order valence-corrected chi connectivity index (χ1v) is 11.3. The summed E-state index contributed by atoms with van der Waals surface area (Å²) in [6, 6.07) is 13.3. The Labute approximate surface area is 197 Å². The molecular formula is C27H25NO6. The predicted molar refractivity (Wildman–Crippen MR) is 127 cm³/mol. The Hall–Kier alpha value is -3.87. The van der Waals surface area contributed by atoms with Crippen LogP contribution in [0.2, 0.25) is 0 Å². The van der Waals surface area contributed by atoms with E-state index in [9.17, 15) is 9.59 Å². The van der Waals surface area contributed by atoms with Crippen LogP contribution in [0.25, 0.3) is 22.6 Å². The van der Waals surface area contributed by atoms with E-state index in [4.69, 9.17) is 23.9 Å². The number of hydrogen-bond donors (Lipinski definition) is 0. The SMILES string of the molecule is COc1ccc(C=C2CCCc3c2nc2ccccc2c3C(=O)OC2CCOC2=O)cc1OC. The summed E-state index contributed by atoms with van der Waals surface area (Å²) in [7, 11) is 3.21. The molecule has 2 heterocycles. The molecule has 0 saturated carbocycles. The molecule has 2 aromatic carbocycles. The summed E-state index contributed by atoms with van der Waals surface area (Å²) < 4.78 is 21.4. The van der Waals surface area contributed by atoms with Crippen LogP contribution in [-0.2, 0) is 20.7 Å². The maximum Gasteiger partial charge on any atom is 0.347 e. The van der Waals surface area contributed by atoms with E-state index in [0.717, 1.165) is 40.6 Å². The summed E-state index contributed by atoms with van der Waals surface area (Å²) in [6.07, 6.45) is 4.00. The molecule has 5 rings (SSSR count). The minimum Gasteiger partial charge on any atom is -0.493 e. The number of methoxy groups -OCH3 is 2. The summed E-state index contributed by atoms with van der Waals surface area (Å²) in [5, 5.41) is 0.727. The van der Waals surface area contributed by atoms with Crippen molar-refractivity contribution in [1.29, 1.82) is 0 Å². The number of aromatic nitrogens is 1. The Morgan fingerprint density at radius 2 is 1.91 bits per heavy atom. The average molecular weight is 459 g/mol. The standard InChI is InChI=1S/C27H25NO6/c1-31-21-11-10-16(15-23(21)32-2)14-17-6-5-8-19-24(27(30)34-22-12-13-33-26(22)29)18-7-3-4-9-20(18)28-25(17)19/h3-4,7,9-11,14-15,22H,5-6,8,12-13H2,1-2H3. The van der Waals surface area contributed by atoms with Crippen molar-refractivity contribution in [3.05, 3.63) is 64.8 Å². The van der Waals surface area contributed by atoms with E-state index in [1.54, 1.807) is 14.2 Å². The lowest BCUT2D eigenvalue weighted by molar-refractivity contribution is -0.145. The van der Waals surface area contributed by atoms with Gasteiger partial charge in [0, 0.05) is 11.8 Å². The molecule has 1 fully saturated rings. The first kappa shape index (κ1) is 21.9. The fourth-order valence-corrected chi connectivity index (χ4v) is 4.62. The maximum absolute atomic E-state index is 13.3. The maximum atomic E-state index is 13.3. The second-order valence-electron chi connectivity index (χ2n) is 8.32. The molecule has 34 heavy (non-hydrogen) atoms. The predicted octanol–water partition coefficient (Wildman–Crippen LogP) is 4.60. The van der Waals surface area contributed by atoms with Gasteiger partial charge in [0.25, 0.3) is 0 Å². The van der Waals surface area contributed by atoms with Crippen molar-refractivity contribution in [1.82, 2.24) is 4.98 Å². The molecule has 1 saturated heterocycles. The van der Waals surface area contributed by atoms with Gasteiger partial charge in [-0.05, 0) is 60.2 Å². The number of allylic oxidation sites excluding steroid dienone is 1. The lowest BCUT2D eigenvalue weighted by Crippen LogP contribution is -2.24. The van der Waals surface area contributed by atoms with Gasteiger partial charge in [0.05, 0.1) is 37.6 Å². The number of rotatable bonds is 5. The zero-order valence-electron chi connectivity index (χ0n) is 19.1. The molecule has 3 aromatic rings. The molecule has 0 N–H and O–H groups in total. The first-order chi connectivity index (χ1) is 16.6. The molecule has 1 unspecified atom stereocenters. The molecule has 1 aromatic heterocycles. The molecule has 1 aliphatic heterocycles. The highest BCUT2D eigenvalue weighted by Crippen LogP contribution is 2.37. The average Bonchev–Trinajstić information content (AvgIpc) is 3.26. The third kappa shape index (κ3) is 3.98. The molecule has 0 spiro atoms. The number of carbonyl (C=O) groups excluding carboxylic acids is 2. The first-order valence-electron chi connectivity index (χ1n) is 11.3. The van der Waals surface area contributed by atoms with Crippen molar-refractivity contribution in [3.63, 3.8) is 0 Å². The highest BCUT2D eigenvalue weighted by molar-refractivity contribution is 6.07. The summed E-state index contributed by atoms with van der Waals surface area (Å²) in [5.74, 6) is 0.307. The molecule has 0 radical (unpaired) electrons. The van der Waals surface area contributed by atoms with Gasteiger partial charge in [-0.15, -0.1) is 0 Å². The number of benzene rings is 2. The zero-order chi connectivity index (χ0) is 23.7. The lowest BCUT2D eigenvalue weighted by atomic mass is 9.86. The van der Waals surface area contributed by atoms with Crippen LogP contribution in [0.15, 0.2) is 42.5 Å². The molecule has 1 aliphatic carbocycles. The Balaban J connectivity index is 1.61. The smallest absolute Gasteiger partial charge is 0.347 e. The topological polar surface area (TPSA) is 84.0 Å². The van der Waals surface area contributed by atoms with Gasteiger partial charge in [0.2, 0.25) is 6.10 Å². The van der Waals surface area contributed by atoms with E-state index in [0.29, 0.717) is 35.4 Å². The number of para-hydroxylation sites is 1. The van der Waals surface area contributed by atoms with Gasteiger partial charge in [-0.25, -0.2) is 14.6 Å². The second kappa shape index (κ2) is 9.17. The molecule has 0 amide bonds. The van der Waals surface area contributed by atoms with Crippen molar-refractivity contribution < 1.29 is 28.5 Å². The monoisotopic (exact) mass is 459 g/mol. The Morgan fingerprint density at radius 1 is 1.09 bits per heavy atom. The molecule has 2 aliphatic rings. The van der Waals surface area contributed by atoms with Crippen LogP contribution in [-0.4, -0.2) is 43.9 Å². The van der Waals surface area contributed by atoms with Crippen LogP contribution >= 0.6 is 0 Å². The number of hydrogen-bond acceptors (Lipinski definition) is 7. The number of cyclic esters (lactones) is 1. The van der Waals surface area contributed by atoms with Gasteiger partial charge in [-0.2, -0.15) is 0 Å². The van der Waals surface area contributed by atoms with Crippen molar-refractivity contribution in [2.45, 2.75) is 31.8 Å². The van der Waals surface area contributed by atoms with Gasteiger partial charge < -0.3 is 18.9 Å². The molecule has 7 nitrogen and oxygen atoms in total. The Bertz CT molecular complexity index is 1310. The summed E-state index contributed by atoms with van der Waals surface area (Å²) in [5.41, 5.74) is 4.83. The molecule has 0 bridgehead atoms. The number of nitrogens with zero attached hydrogens (tertiary/aromatic N) is 1. The van der Waals surface area contributed by atoms with E-state index in [-0.39, 0.29) is 6.61 Å². The normalized spacial score (nSPS) is 18.5. The fourth-order valence-electron chi connectivity index (χ4n) is 4.62. The largest absolute Gasteiger partial charge is 0.493 e. The molecule has 174 valence electrons. The van der Waals surface area contributed by atoms with Crippen LogP contribution in [0, 0.1) is 0 Å². The highest BCUT2D eigenvalue weighted by Gasteiger charge is 2.33. The molecule has 7 heteroatoms. The van der Waals surface area contributed by atoms with Crippen LogP contribution in [0.1, 0.15) is 46.4 Å². The van der Waals surface area contributed by atoms with Crippen LogP contribution in [0.5, 0.6) is 11.5 Å². The summed E-state index contributed by atoms with van der Waals surface area (Å²) in [4.78, 5) is 30.2. The van der Waals surface area contributed by atoms with Gasteiger partial charge in [0.15, 0.2) is 11.5 Å². The number of pyridine rings is 1. The Morgan fingerprint density at radius 3 is 2.68 bits per heavy atom. The van der Waals surface area contributed by atoms with E-state index < -0.39 is 18.0 Å². The van der Waals surface area contributed by atoms with E-state index in [2.05, 4.69) is 6.08 Å². The van der Waals surface area contributed by atoms with Crippen molar-refractivity contribution in [2.24, 2.45) is 0 Å². The third-order valence-electron chi connectivity index (χ3n) is 6.26. The highest BCUT2D eigenvalue weighted by atomic mass is 16.6. The van der Waals surface area contributed by atoms with E-state index in [1.165, 1.54) is 0 Å². The van der Waals surface area contributed by atoms with Crippen molar-refractivity contribution >= 4 is 34.5 Å². The van der Waals surface area contributed by atoms with Crippen molar-refractivity contribution in [3.8, 4) is 11.5 Å². The fraction of sp³-hybridized carbons (Fsp3) is 0.296. The zero-order valence-corrected chi connectivity index (χ0v) is 19.1. The number of esters is 2. The molecular weight excluding hydrogens is 434 g/mol. The van der Waals surface area contributed by atoms with Gasteiger partial charge in [-0.1, -0.05) is 24.3 Å². The number of fused-ring (bicyclic) bond motifs is 2. The lowest BCUT2D eigenvalue weighted by Gasteiger charge is -2.23. The van der Waals surface area contributed by atoms with Crippen LogP contribution in [0.3, 0.4) is 0 Å². The number of ether oxygens (including phenoxy) is 4. The second-order valence-corrected chi connectivity index (χ2v) is 8.32. The third-order valence-corrected chi connectivity index (χ3v) is 6.26. The Kier molecular flexibility index (Phi) is 5.92. The minimum atomic E-state index is -0.861.